The average Bonchev–Trinajstić information content (AvgIpc) is 3.03. The highest BCUT2D eigenvalue weighted by Gasteiger charge is 2.20. The maximum Gasteiger partial charge on any atom is 0.0643 e. The monoisotopic (exact) mass is 334 g/mol. The number of nitrogens with zero attached hydrogens (tertiary/aromatic N) is 1. The Balaban J connectivity index is 1.77. The molecule has 0 aliphatic carbocycles. The Morgan fingerprint density at radius 1 is 1.08 bits per heavy atom. The van der Waals surface area contributed by atoms with Crippen molar-refractivity contribution in [3.8, 4) is 0 Å². The van der Waals surface area contributed by atoms with Gasteiger partial charge in [0.25, 0.3) is 0 Å². The molecular weight excluding hydrogens is 316 g/mol. The van der Waals surface area contributed by atoms with E-state index < -0.39 is 0 Å². The molecule has 2 heterocycles. The molecule has 24 heavy (non-hydrogen) atoms. The summed E-state index contributed by atoms with van der Waals surface area (Å²) < 4.78 is 0. The number of hydrogen-bond donors (Lipinski definition) is 3. The second kappa shape index (κ2) is 6.09. The van der Waals surface area contributed by atoms with Crippen molar-refractivity contribution >= 4 is 33.8 Å². The molecule has 0 saturated heterocycles. The van der Waals surface area contributed by atoms with Crippen molar-refractivity contribution in [2.24, 2.45) is 5.10 Å². The predicted octanol–water partition coefficient (Wildman–Crippen LogP) is 4.06. The lowest BCUT2D eigenvalue weighted by molar-refractivity contribution is 0.853. The number of nitrogens with two attached hydrogens (primary N) is 1. The van der Waals surface area contributed by atoms with Gasteiger partial charge in [0.2, 0.25) is 0 Å². The number of rotatable bonds is 2. The highest BCUT2D eigenvalue weighted by atomic mass is 32.2. The summed E-state index contributed by atoms with van der Waals surface area (Å²) in [6.45, 7) is 2.79. The Morgan fingerprint density at radius 3 is 2.62 bits per heavy atom. The molecule has 0 spiro atoms. The molecule has 0 fully saturated rings. The van der Waals surface area contributed by atoms with Gasteiger partial charge in [0, 0.05) is 38.0 Å². The van der Waals surface area contributed by atoms with Gasteiger partial charge in [-0.25, -0.2) is 0 Å². The molecule has 0 atom stereocenters. The van der Waals surface area contributed by atoms with Crippen LogP contribution in [0, 0.1) is 0 Å². The Bertz CT molecular complexity index is 878. The zero-order chi connectivity index (χ0) is 16.5. The lowest BCUT2D eigenvalue weighted by Crippen LogP contribution is -2.13. The zero-order valence-corrected chi connectivity index (χ0v) is 14.2. The average molecular weight is 334 g/mol. The number of nitrogen functional groups attached to an aromatic ring is 1. The number of benzene rings is 2. The molecule has 0 unspecified atom stereocenters. The van der Waals surface area contributed by atoms with E-state index in [2.05, 4.69) is 58.3 Å². The number of hydrogen-bond acceptors (Lipinski definition) is 5. The summed E-state index contributed by atoms with van der Waals surface area (Å²) in [5.74, 6) is 0. The number of para-hydroxylation sites is 1. The van der Waals surface area contributed by atoms with E-state index in [4.69, 9.17) is 5.73 Å². The summed E-state index contributed by atoms with van der Waals surface area (Å²) in [5, 5.41) is 7.83. The van der Waals surface area contributed by atoms with E-state index in [-0.39, 0.29) is 0 Å². The maximum absolute atomic E-state index is 5.79. The lowest BCUT2D eigenvalue weighted by atomic mass is 10.0. The molecule has 2 aliphatic rings. The normalized spacial score (nSPS) is 19.0. The van der Waals surface area contributed by atoms with Crippen molar-refractivity contribution in [1.82, 2.24) is 5.43 Å². The number of hydrazone groups is 1. The van der Waals surface area contributed by atoms with Crippen LogP contribution in [-0.4, -0.2) is 12.3 Å². The van der Waals surface area contributed by atoms with Crippen LogP contribution in [0.5, 0.6) is 0 Å². The molecule has 0 aromatic heterocycles. The number of fused-ring (bicyclic) bond motifs is 1. The van der Waals surface area contributed by atoms with E-state index >= 15 is 0 Å². The fourth-order valence-electron chi connectivity index (χ4n) is 2.83. The predicted molar refractivity (Wildman–Crippen MR) is 103 cm³/mol. The third kappa shape index (κ3) is 2.78. The van der Waals surface area contributed by atoms with Gasteiger partial charge in [-0.05, 0) is 43.3 Å². The summed E-state index contributed by atoms with van der Waals surface area (Å²) >= 11 is 1.75. The molecule has 0 saturated carbocycles. The third-order valence-corrected chi connectivity index (χ3v) is 5.18. The molecule has 2 aliphatic heterocycles. The van der Waals surface area contributed by atoms with Crippen molar-refractivity contribution in [2.45, 2.75) is 11.8 Å². The van der Waals surface area contributed by atoms with E-state index in [1.165, 1.54) is 20.9 Å². The fraction of sp³-hybridized carbons (Fsp3) is 0.105. The van der Waals surface area contributed by atoms with Crippen LogP contribution in [0.4, 0.5) is 11.4 Å². The molecule has 4 N–H and O–H groups in total. The highest BCUT2D eigenvalue weighted by Crippen LogP contribution is 2.42. The van der Waals surface area contributed by atoms with Crippen molar-refractivity contribution in [1.29, 1.82) is 0 Å². The van der Waals surface area contributed by atoms with Gasteiger partial charge < -0.3 is 16.5 Å². The van der Waals surface area contributed by atoms with E-state index in [0.717, 1.165) is 29.3 Å². The van der Waals surface area contributed by atoms with Crippen molar-refractivity contribution in [3.63, 3.8) is 0 Å². The van der Waals surface area contributed by atoms with Crippen molar-refractivity contribution < 1.29 is 0 Å². The van der Waals surface area contributed by atoms with Gasteiger partial charge in [-0.15, -0.1) is 0 Å². The molecule has 4 rings (SSSR count). The SMILES string of the molecule is CC1=NNCC1=C1C=C(Sc2ccc(N)cc2)c2ccccc2N1. The third-order valence-electron chi connectivity index (χ3n) is 4.11. The van der Waals surface area contributed by atoms with E-state index in [9.17, 15) is 0 Å². The minimum Gasteiger partial charge on any atom is -0.399 e. The smallest absolute Gasteiger partial charge is 0.0643 e. The van der Waals surface area contributed by atoms with Crippen molar-refractivity contribution in [3.05, 3.63) is 71.4 Å². The zero-order valence-electron chi connectivity index (χ0n) is 13.3. The second-order valence-electron chi connectivity index (χ2n) is 5.77. The number of nitrogens with one attached hydrogen (secondary N) is 2. The Labute approximate surface area is 145 Å². The Morgan fingerprint density at radius 2 is 1.88 bits per heavy atom. The van der Waals surface area contributed by atoms with Crippen molar-refractivity contribution in [2.75, 3.05) is 17.6 Å². The van der Waals surface area contributed by atoms with Crippen LogP contribution in [0.25, 0.3) is 4.91 Å². The van der Waals surface area contributed by atoms with Crippen LogP contribution < -0.4 is 16.5 Å². The molecule has 5 heteroatoms. The van der Waals surface area contributed by atoms with Crippen LogP contribution in [0.15, 0.2) is 75.9 Å². The standard InChI is InChI=1S/C19H18N4S/c1-12-16(11-21-23-12)18-10-19(15-4-2-3-5-17(15)22-18)24-14-8-6-13(20)7-9-14/h2-10,21-22H,11,20H2,1H3. The fourth-order valence-corrected chi connectivity index (χ4v) is 3.82. The molecule has 2 aromatic rings. The van der Waals surface area contributed by atoms with Gasteiger partial charge in [-0.1, -0.05) is 30.0 Å². The Hall–Kier alpha value is -2.66. The quantitative estimate of drug-likeness (QED) is 0.725. The molecule has 0 radical (unpaired) electrons. The molecule has 0 bridgehead atoms. The first kappa shape index (κ1) is 14.9. The number of thioether (sulfide) groups is 1. The molecule has 0 amide bonds. The number of anilines is 2. The van der Waals surface area contributed by atoms with Crippen LogP contribution in [-0.2, 0) is 0 Å². The lowest BCUT2D eigenvalue weighted by Gasteiger charge is -2.22. The van der Waals surface area contributed by atoms with Gasteiger partial charge in [-0.2, -0.15) is 5.10 Å². The highest BCUT2D eigenvalue weighted by molar-refractivity contribution is 8.08. The molecule has 2 aromatic carbocycles. The van der Waals surface area contributed by atoms with Crippen LogP contribution in [0.1, 0.15) is 12.5 Å². The maximum atomic E-state index is 5.79. The van der Waals surface area contributed by atoms with E-state index in [1.807, 2.05) is 19.1 Å². The minimum atomic E-state index is 0.757. The molecule has 4 nitrogen and oxygen atoms in total. The largest absolute Gasteiger partial charge is 0.399 e. The van der Waals surface area contributed by atoms with Gasteiger partial charge in [0.1, 0.15) is 0 Å². The van der Waals surface area contributed by atoms with Crippen LogP contribution >= 0.6 is 11.8 Å². The second-order valence-corrected chi connectivity index (χ2v) is 6.89. The summed E-state index contributed by atoms with van der Waals surface area (Å²) in [4.78, 5) is 2.39. The first-order valence-corrected chi connectivity index (χ1v) is 8.64. The minimum absolute atomic E-state index is 0.757. The first-order chi connectivity index (χ1) is 11.7. The van der Waals surface area contributed by atoms with E-state index in [1.54, 1.807) is 11.8 Å². The van der Waals surface area contributed by atoms with Gasteiger partial charge in [0.05, 0.1) is 12.3 Å². The topological polar surface area (TPSA) is 62.4 Å². The van der Waals surface area contributed by atoms with Gasteiger partial charge in [-0.3, -0.25) is 0 Å². The first-order valence-electron chi connectivity index (χ1n) is 7.83. The molecule has 120 valence electrons. The summed E-state index contributed by atoms with van der Waals surface area (Å²) in [7, 11) is 0. The Kier molecular flexibility index (Phi) is 3.78. The van der Waals surface area contributed by atoms with Gasteiger partial charge >= 0.3 is 0 Å². The summed E-state index contributed by atoms with van der Waals surface area (Å²) in [6, 6.07) is 16.4. The van der Waals surface area contributed by atoms with Gasteiger partial charge in [0.15, 0.2) is 0 Å². The molecular formula is C19H18N4S. The van der Waals surface area contributed by atoms with Crippen LogP contribution in [0.2, 0.25) is 0 Å². The summed E-state index contributed by atoms with van der Waals surface area (Å²) in [5.41, 5.74) is 15.3. The number of allylic oxidation sites excluding steroid dienone is 1. The van der Waals surface area contributed by atoms with E-state index in [0.29, 0.717) is 0 Å². The van der Waals surface area contributed by atoms with Crippen LogP contribution in [0.3, 0.4) is 0 Å². The summed E-state index contributed by atoms with van der Waals surface area (Å²) in [6.07, 6.45) is 2.21.